The number of hydrogen-bond acceptors (Lipinski definition) is 2. The molecule has 19 heavy (non-hydrogen) atoms. The molecule has 0 aromatic heterocycles. The first-order valence-electron chi connectivity index (χ1n) is 7.58. The Bertz CT molecular complexity index is 371. The van der Waals surface area contributed by atoms with E-state index >= 15 is 0 Å². The van der Waals surface area contributed by atoms with Crippen molar-refractivity contribution < 1.29 is 4.74 Å². The van der Waals surface area contributed by atoms with Crippen molar-refractivity contribution in [3.05, 3.63) is 35.4 Å². The molecule has 1 aromatic rings. The molecule has 1 saturated carbocycles. The predicted octanol–water partition coefficient (Wildman–Crippen LogP) is 3.86. The highest BCUT2D eigenvalue weighted by atomic mass is 16.5. The first-order chi connectivity index (χ1) is 9.20. The number of nitrogens with one attached hydrogen (secondary N) is 1. The minimum absolute atomic E-state index is 0.378. The van der Waals surface area contributed by atoms with Crippen molar-refractivity contribution in [1.29, 1.82) is 0 Å². The zero-order valence-corrected chi connectivity index (χ0v) is 12.5. The van der Waals surface area contributed by atoms with Crippen LogP contribution in [0, 0.1) is 0 Å². The maximum atomic E-state index is 6.11. The molecule has 2 heteroatoms. The molecule has 2 unspecified atom stereocenters. The Balaban J connectivity index is 1.87. The molecule has 0 spiro atoms. The van der Waals surface area contributed by atoms with E-state index in [1.807, 2.05) is 7.05 Å². The normalized spacial score (nSPS) is 23.8. The van der Waals surface area contributed by atoms with Gasteiger partial charge in [0.15, 0.2) is 0 Å². The molecular formula is C17H27NO. The lowest BCUT2D eigenvalue weighted by atomic mass is 9.92. The number of rotatable bonds is 5. The van der Waals surface area contributed by atoms with Gasteiger partial charge in [0, 0.05) is 6.04 Å². The van der Waals surface area contributed by atoms with E-state index in [9.17, 15) is 0 Å². The van der Waals surface area contributed by atoms with Crippen molar-refractivity contribution in [2.75, 3.05) is 7.05 Å². The standard InChI is InChI=1S/C17H27NO/c1-13(2)15-10-8-14(9-11-15)12-19-17-7-5-4-6-16(17)18-3/h8-11,13,16-18H,4-7,12H2,1-3H3. The van der Waals surface area contributed by atoms with Crippen molar-refractivity contribution in [3.8, 4) is 0 Å². The zero-order chi connectivity index (χ0) is 13.7. The van der Waals surface area contributed by atoms with Crippen molar-refractivity contribution in [2.24, 2.45) is 0 Å². The zero-order valence-electron chi connectivity index (χ0n) is 12.5. The van der Waals surface area contributed by atoms with Crippen LogP contribution in [0.1, 0.15) is 56.6 Å². The molecule has 1 aromatic carbocycles. The van der Waals surface area contributed by atoms with Gasteiger partial charge in [0.25, 0.3) is 0 Å². The van der Waals surface area contributed by atoms with Gasteiger partial charge in [-0.15, -0.1) is 0 Å². The Kier molecular flexibility index (Phi) is 5.41. The third kappa shape index (κ3) is 4.05. The van der Waals surface area contributed by atoms with E-state index in [1.165, 1.54) is 36.8 Å². The maximum absolute atomic E-state index is 6.11. The van der Waals surface area contributed by atoms with Gasteiger partial charge in [0.1, 0.15) is 0 Å². The minimum atomic E-state index is 0.378. The number of hydrogen-bond donors (Lipinski definition) is 1. The van der Waals surface area contributed by atoms with Gasteiger partial charge in [0.2, 0.25) is 0 Å². The molecular weight excluding hydrogens is 234 g/mol. The van der Waals surface area contributed by atoms with E-state index in [0.717, 1.165) is 6.61 Å². The van der Waals surface area contributed by atoms with E-state index in [1.54, 1.807) is 0 Å². The Morgan fingerprint density at radius 1 is 1.16 bits per heavy atom. The average molecular weight is 261 g/mol. The van der Waals surface area contributed by atoms with E-state index in [-0.39, 0.29) is 0 Å². The fraction of sp³-hybridized carbons (Fsp3) is 0.647. The van der Waals surface area contributed by atoms with Gasteiger partial charge in [-0.2, -0.15) is 0 Å². The summed E-state index contributed by atoms with van der Waals surface area (Å²) in [7, 11) is 2.05. The SMILES string of the molecule is CNC1CCCCC1OCc1ccc(C(C)C)cc1. The van der Waals surface area contributed by atoms with Crippen LogP contribution in [0.25, 0.3) is 0 Å². The Labute approximate surface area is 117 Å². The summed E-state index contributed by atoms with van der Waals surface area (Å²) in [6, 6.07) is 9.38. The first kappa shape index (κ1) is 14.5. The number of ether oxygens (including phenoxy) is 1. The van der Waals surface area contributed by atoms with E-state index in [4.69, 9.17) is 4.74 Å². The second kappa shape index (κ2) is 7.06. The van der Waals surface area contributed by atoms with E-state index in [2.05, 4.69) is 43.4 Å². The van der Waals surface area contributed by atoms with Crippen LogP contribution in [0.15, 0.2) is 24.3 Å². The highest BCUT2D eigenvalue weighted by Crippen LogP contribution is 2.22. The fourth-order valence-electron chi connectivity index (χ4n) is 2.83. The molecule has 2 nitrogen and oxygen atoms in total. The van der Waals surface area contributed by atoms with Crippen molar-refractivity contribution >= 4 is 0 Å². The van der Waals surface area contributed by atoms with E-state index in [0.29, 0.717) is 18.1 Å². The lowest BCUT2D eigenvalue weighted by Crippen LogP contribution is -2.41. The Morgan fingerprint density at radius 2 is 1.84 bits per heavy atom. The van der Waals surface area contributed by atoms with Crippen molar-refractivity contribution in [3.63, 3.8) is 0 Å². The molecule has 0 radical (unpaired) electrons. The average Bonchev–Trinajstić information content (AvgIpc) is 2.45. The van der Waals surface area contributed by atoms with Crippen molar-refractivity contribution in [2.45, 2.75) is 64.2 Å². The summed E-state index contributed by atoms with van der Waals surface area (Å²) in [6.45, 7) is 5.19. The summed E-state index contributed by atoms with van der Waals surface area (Å²) in [6.07, 6.45) is 5.44. The lowest BCUT2D eigenvalue weighted by molar-refractivity contribution is -0.00361. The molecule has 1 aliphatic rings. The van der Waals surface area contributed by atoms with Gasteiger partial charge >= 0.3 is 0 Å². The van der Waals surface area contributed by atoms with Gasteiger partial charge in [-0.05, 0) is 36.9 Å². The Hall–Kier alpha value is -0.860. The summed E-state index contributed by atoms with van der Waals surface area (Å²) < 4.78 is 6.11. The monoisotopic (exact) mass is 261 g/mol. The molecule has 2 atom stereocenters. The lowest BCUT2D eigenvalue weighted by Gasteiger charge is -2.31. The van der Waals surface area contributed by atoms with E-state index < -0.39 is 0 Å². The smallest absolute Gasteiger partial charge is 0.0732 e. The van der Waals surface area contributed by atoms with Crippen LogP contribution in [0.2, 0.25) is 0 Å². The molecule has 0 bridgehead atoms. The molecule has 1 N–H and O–H groups in total. The Morgan fingerprint density at radius 3 is 2.47 bits per heavy atom. The fourth-order valence-corrected chi connectivity index (χ4v) is 2.83. The van der Waals surface area contributed by atoms with Crippen LogP contribution in [-0.2, 0) is 11.3 Å². The summed E-state index contributed by atoms with van der Waals surface area (Å²) in [5.74, 6) is 0.599. The molecule has 0 aliphatic heterocycles. The van der Waals surface area contributed by atoms with Gasteiger partial charge in [0.05, 0.1) is 12.7 Å². The van der Waals surface area contributed by atoms with Gasteiger partial charge in [-0.1, -0.05) is 51.0 Å². The van der Waals surface area contributed by atoms with Crippen molar-refractivity contribution in [1.82, 2.24) is 5.32 Å². The van der Waals surface area contributed by atoms with Gasteiger partial charge < -0.3 is 10.1 Å². The third-order valence-corrected chi connectivity index (χ3v) is 4.18. The third-order valence-electron chi connectivity index (χ3n) is 4.18. The molecule has 106 valence electrons. The molecule has 1 aliphatic carbocycles. The largest absolute Gasteiger partial charge is 0.372 e. The molecule has 0 saturated heterocycles. The van der Waals surface area contributed by atoms with Crippen LogP contribution in [-0.4, -0.2) is 19.2 Å². The van der Waals surface area contributed by atoms with Crippen LogP contribution in [0.3, 0.4) is 0 Å². The topological polar surface area (TPSA) is 21.3 Å². The predicted molar refractivity (Wildman–Crippen MR) is 80.4 cm³/mol. The summed E-state index contributed by atoms with van der Waals surface area (Å²) in [5.41, 5.74) is 2.68. The minimum Gasteiger partial charge on any atom is -0.372 e. The molecule has 1 fully saturated rings. The first-order valence-corrected chi connectivity index (χ1v) is 7.58. The van der Waals surface area contributed by atoms with Crippen LogP contribution in [0.4, 0.5) is 0 Å². The number of likely N-dealkylation sites (N-methyl/N-ethyl adjacent to an activating group) is 1. The summed E-state index contributed by atoms with van der Waals surface area (Å²) >= 11 is 0. The van der Waals surface area contributed by atoms with Gasteiger partial charge in [-0.25, -0.2) is 0 Å². The van der Waals surface area contributed by atoms with Crippen LogP contribution < -0.4 is 5.32 Å². The maximum Gasteiger partial charge on any atom is 0.0732 e. The van der Waals surface area contributed by atoms with Crippen LogP contribution >= 0.6 is 0 Å². The quantitative estimate of drug-likeness (QED) is 0.869. The highest BCUT2D eigenvalue weighted by molar-refractivity contribution is 5.24. The molecule has 0 heterocycles. The highest BCUT2D eigenvalue weighted by Gasteiger charge is 2.24. The van der Waals surface area contributed by atoms with Gasteiger partial charge in [-0.3, -0.25) is 0 Å². The second-order valence-corrected chi connectivity index (χ2v) is 5.93. The molecule has 0 amide bonds. The summed E-state index contributed by atoms with van der Waals surface area (Å²) in [4.78, 5) is 0. The second-order valence-electron chi connectivity index (χ2n) is 5.93. The molecule has 2 rings (SSSR count). The van der Waals surface area contributed by atoms with Crippen LogP contribution in [0.5, 0.6) is 0 Å². The number of benzene rings is 1. The summed E-state index contributed by atoms with van der Waals surface area (Å²) in [5, 5.41) is 3.39.